The van der Waals surface area contributed by atoms with Gasteiger partial charge in [-0.2, -0.15) is 0 Å². The van der Waals surface area contributed by atoms with Gasteiger partial charge in [-0.1, -0.05) is 0 Å². The molecular weight excluding hydrogens is 230 g/mol. The van der Waals surface area contributed by atoms with Crippen LogP contribution in [-0.4, -0.2) is 56.0 Å². The quantitative estimate of drug-likeness (QED) is 0.728. The first-order valence-electron chi connectivity index (χ1n) is 5.48. The molecule has 0 aliphatic carbocycles. The second kappa shape index (κ2) is 5.63. The molecule has 0 aromatic rings. The Kier molecular flexibility index (Phi) is 4.73. The molecule has 0 bridgehead atoms. The van der Waals surface area contributed by atoms with Gasteiger partial charge in [0.25, 0.3) is 0 Å². The Hall–Kier alpha value is -0.620. The first kappa shape index (κ1) is 13.4. The lowest BCUT2D eigenvalue weighted by Gasteiger charge is -2.14. The van der Waals surface area contributed by atoms with Crippen LogP contribution in [0.25, 0.3) is 0 Å². The first-order valence-corrected chi connectivity index (χ1v) is 7.55. The van der Waals surface area contributed by atoms with E-state index in [-0.39, 0.29) is 18.1 Å². The lowest BCUT2D eigenvalue weighted by molar-refractivity contribution is -0.138. The van der Waals surface area contributed by atoms with Gasteiger partial charge in [-0.15, -0.1) is 0 Å². The Morgan fingerprint density at radius 2 is 2.19 bits per heavy atom. The van der Waals surface area contributed by atoms with Crippen LogP contribution in [0.15, 0.2) is 0 Å². The molecule has 0 radical (unpaired) electrons. The number of hydrogen-bond donors (Lipinski definition) is 1. The zero-order valence-electron chi connectivity index (χ0n) is 9.55. The van der Waals surface area contributed by atoms with Crippen molar-refractivity contribution in [1.82, 2.24) is 4.90 Å². The normalized spacial score (nSPS) is 22.4. The van der Waals surface area contributed by atoms with E-state index in [1.54, 1.807) is 0 Å². The Labute approximate surface area is 96.4 Å². The number of sulfone groups is 1. The highest BCUT2D eigenvalue weighted by Gasteiger charge is 2.24. The van der Waals surface area contributed by atoms with Gasteiger partial charge in [-0.05, 0) is 31.8 Å². The van der Waals surface area contributed by atoms with Gasteiger partial charge in [-0.3, -0.25) is 4.79 Å². The summed E-state index contributed by atoms with van der Waals surface area (Å²) in [7, 11) is -2.87. The number of carbonyl (C=O) groups is 1. The van der Waals surface area contributed by atoms with Crippen LogP contribution < -0.4 is 0 Å². The van der Waals surface area contributed by atoms with E-state index in [0.29, 0.717) is 6.42 Å². The summed E-state index contributed by atoms with van der Waals surface area (Å²) in [5.41, 5.74) is 0. The van der Waals surface area contributed by atoms with E-state index in [0.717, 1.165) is 26.1 Å². The molecule has 1 aliphatic rings. The van der Waals surface area contributed by atoms with E-state index >= 15 is 0 Å². The fraction of sp³-hybridized carbons (Fsp3) is 0.900. The second-order valence-electron chi connectivity index (χ2n) is 4.54. The molecule has 1 heterocycles. The summed E-state index contributed by atoms with van der Waals surface area (Å²) in [6, 6.07) is 0. The predicted molar refractivity (Wildman–Crippen MR) is 61.1 cm³/mol. The van der Waals surface area contributed by atoms with Crippen LogP contribution in [0.5, 0.6) is 0 Å². The average Bonchev–Trinajstić information content (AvgIpc) is 2.49. The third-order valence-electron chi connectivity index (χ3n) is 2.82. The maximum absolute atomic E-state index is 10.9. The molecule has 6 heteroatoms. The van der Waals surface area contributed by atoms with Crippen LogP contribution in [0.1, 0.15) is 19.3 Å². The summed E-state index contributed by atoms with van der Waals surface area (Å²) in [5, 5.41) is 8.65. The molecule has 0 aromatic carbocycles. The van der Waals surface area contributed by atoms with Crippen LogP contribution in [0.3, 0.4) is 0 Å². The molecule has 1 atom stereocenters. The monoisotopic (exact) mass is 249 g/mol. The van der Waals surface area contributed by atoms with E-state index in [1.807, 2.05) is 0 Å². The van der Waals surface area contributed by atoms with Gasteiger partial charge >= 0.3 is 5.97 Å². The van der Waals surface area contributed by atoms with Crippen molar-refractivity contribution in [2.24, 2.45) is 5.92 Å². The molecule has 1 unspecified atom stereocenters. The Balaban J connectivity index is 2.19. The van der Waals surface area contributed by atoms with Crippen LogP contribution in [0.4, 0.5) is 0 Å². The van der Waals surface area contributed by atoms with Crippen molar-refractivity contribution in [3.8, 4) is 0 Å². The highest BCUT2D eigenvalue weighted by Crippen LogP contribution is 2.19. The van der Waals surface area contributed by atoms with Gasteiger partial charge in [0.1, 0.15) is 9.84 Å². The fourth-order valence-corrected chi connectivity index (χ4v) is 2.73. The number of nitrogens with zero attached hydrogens (tertiary/aromatic N) is 1. The third-order valence-corrected chi connectivity index (χ3v) is 3.85. The van der Waals surface area contributed by atoms with Crippen molar-refractivity contribution in [1.29, 1.82) is 0 Å². The zero-order chi connectivity index (χ0) is 12.2. The number of carboxylic acids is 1. The molecule has 0 saturated carbocycles. The van der Waals surface area contributed by atoms with Crippen molar-refractivity contribution < 1.29 is 18.3 Å². The lowest BCUT2D eigenvalue weighted by Crippen LogP contribution is -2.24. The van der Waals surface area contributed by atoms with Crippen molar-refractivity contribution >= 4 is 15.8 Å². The van der Waals surface area contributed by atoms with Gasteiger partial charge in [0, 0.05) is 19.2 Å². The SMILES string of the molecule is CS(=O)(=O)CCCN1CCC(CC(=O)O)C1. The Morgan fingerprint density at radius 1 is 1.50 bits per heavy atom. The molecule has 1 fully saturated rings. The van der Waals surface area contributed by atoms with E-state index < -0.39 is 15.8 Å². The Bertz CT molecular complexity index is 339. The van der Waals surface area contributed by atoms with Crippen molar-refractivity contribution in [2.45, 2.75) is 19.3 Å². The van der Waals surface area contributed by atoms with Crippen LogP contribution in [0.2, 0.25) is 0 Å². The van der Waals surface area contributed by atoms with Crippen molar-refractivity contribution in [3.05, 3.63) is 0 Å². The van der Waals surface area contributed by atoms with E-state index in [1.165, 1.54) is 6.26 Å². The van der Waals surface area contributed by atoms with Gasteiger partial charge in [-0.25, -0.2) is 8.42 Å². The molecule has 0 spiro atoms. The minimum atomic E-state index is -2.87. The summed E-state index contributed by atoms with van der Waals surface area (Å²) in [5.74, 6) is -0.300. The van der Waals surface area contributed by atoms with E-state index in [9.17, 15) is 13.2 Å². The minimum absolute atomic E-state index is 0.215. The van der Waals surface area contributed by atoms with Crippen molar-refractivity contribution in [2.75, 3.05) is 31.6 Å². The number of aliphatic carboxylic acids is 1. The van der Waals surface area contributed by atoms with Gasteiger partial charge < -0.3 is 10.0 Å². The molecular formula is C10H19NO4S. The van der Waals surface area contributed by atoms with Gasteiger partial charge in [0.05, 0.1) is 5.75 Å². The number of rotatable bonds is 6. The van der Waals surface area contributed by atoms with Gasteiger partial charge in [0.2, 0.25) is 0 Å². The summed E-state index contributed by atoms with van der Waals surface area (Å²) in [6.07, 6.45) is 3.01. The summed E-state index contributed by atoms with van der Waals surface area (Å²) < 4.78 is 21.8. The maximum atomic E-state index is 10.9. The van der Waals surface area contributed by atoms with Crippen LogP contribution in [0, 0.1) is 5.92 Å². The lowest BCUT2D eigenvalue weighted by atomic mass is 10.1. The average molecular weight is 249 g/mol. The van der Waals surface area contributed by atoms with Gasteiger partial charge in [0.15, 0.2) is 0 Å². The molecule has 0 aromatic heterocycles. The Morgan fingerprint density at radius 3 is 2.75 bits per heavy atom. The maximum Gasteiger partial charge on any atom is 0.303 e. The summed E-state index contributed by atoms with van der Waals surface area (Å²) in [6.45, 7) is 2.43. The number of likely N-dealkylation sites (tertiary alicyclic amines) is 1. The highest BCUT2D eigenvalue weighted by atomic mass is 32.2. The minimum Gasteiger partial charge on any atom is -0.481 e. The smallest absolute Gasteiger partial charge is 0.303 e. The van der Waals surface area contributed by atoms with Crippen LogP contribution >= 0.6 is 0 Å². The molecule has 1 saturated heterocycles. The summed E-state index contributed by atoms with van der Waals surface area (Å²) in [4.78, 5) is 12.7. The van der Waals surface area contributed by atoms with Crippen LogP contribution in [-0.2, 0) is 14.6 Å². The fourth-order valence-electron chi connectivity index (χ4n) is 2.08. The zero-order valence-corrected chi connectivity index (χ0v) is 10.4. The topological polar surface area (TPSA) is 74.7 Å². The first-order chi connectivity index (χ1) is 7.37. The predicted octanol–water partition coefficient (Wildman–Crippen LogP) is 0.218. The molecule has 1 rings (SSSR count). The standard InChI is InChI=1S/C10H19NO4S/c1-16(14,15)6-2-4-11-5-3-9(8-11)7-10(12)13/h9H,2-8H2,1H3,(H,12,13). The largest absolute Gasteiger partial charge is 0.481 e. The van der Waals surface area contributed by atoms with E-state index in [2.05, 4.69) is 4.90 Å². The molecule has 0 amide bonds. The number of carboxylic acid groups (broad SMARTS) is 1. The van der Waals surface area contributed by atoms with E-state index in [4.69, 9.17) is 5.11 Å². The molecule has 94 valence electrons. The third kappa shape index (κ3) is 5.46. The molecule has 16 heavy (non-hydrogen) atoms. The highest BCUT2D eigenvalue weighted by molar-refractivity contribution is 7.90. The summed E-state index contributed by atoms with van der Waals surface area (Å²) >= 11 is 0. The number of hydrogen-bond acceptors (Lipinski definition) is 4. The molecule has 1 aliphatic heterocycles. The molecule has 5 nitrogen and oxygen atoms in total. The van der Waals surface area contributed by atoms with Crippen molar-refractivity contribution in [3.63, 3.8) is 0 Å². The second-order valence-corrected chi connectivity index (χ2v) is 6.80. The molecule has 1 N–H and O–H groups in total.